The van der Waals surface area contributed by atoms with E-state index in [9.17, 15) is 4.79 Å². The molecule has 1 rings (SSSR count). The third-order valence-corrected chi connectivity index (χ3v) is 10.7. The highest BCUT2D eigenvalue weighted by Gasteiger charge is 2.42. The molecule has 0 spiro atoms. The molecule has 3 nitrogen and oxygen atoms in total. The lowest BCUT2D eigenvalue weighted by Gasteiger charge is -2.29. The molecule has 1 atom stereocenters. The first-order chi connectivity index (χ1) is 10.3. The monoisotopic (exact) mass is 319 g/mol. The zero-order valence-corrected chi connectivity index (χ0v) is 15.6. The molecule has 0 saturated carbocycles. The molecule has 0 aliphatic heterocycles. The highest BCUT2D eigenvalue weighted by molar-refractivity contribution is 7.77. The molecule has 0 bridgehead atoms. The van der Waals surface area contributed by atoms with Gasteiger partial charge in [0.15, 0.2) is 0 Å². The maximum atomic E-state index is 12.7. The van der Waals surface area contributed by atoms with Crippen molar-refractivity contribution in [2.45, 2.75) is 47.2 Å². The minimum absolute atomic E-state index is 0.0712. The minimum Gasteiger partial charge on any atom is -0.322 e. The van der Waals surface area contributed by atoms with E-state index in [-0.39, 0.29) is 11.6 Å². The Balaban J connectivity index is 3.06. The number of amides is 1. The van der Waals surface area contributed by atoms with Gasteiger partial charge in [0.2, 0.25) is 0 Å². The molecule has 120 valence electrons. The molecule has 1 N–H and O–H groups in total. The fourth-order valence-corrected chi connectivity index (χ4v) is 6.74. The summed E-state index contributed by atoms with van der Waals surface area (Å²) in [6, 6.07) is 5.81. The molecule has 0 heterocycles. The second-order valence-electron chi connectivity index (χ2n) is 5.93. The number of nitrogens with zero attached hydrogens (tertiary/aromatic N) is 1. The van der Waals surface area contributed by atoms with Gasteiger partial charge in [-0.3, -0.25) is 4.79 Å². The first-order valence-corrected chi connectivity index (χ1v) is 10.4. The van der Waals surface area contributed by atoms with Crippen molar-refractivity contribution in [2.24, 2.45) is 0 Å². The van der Waals surface area contributed by atoms with Gasteiger partial charge in [0, 0.05) is 12.9 Å². The van der Waals surface area contributed by atoms with Crippen LogP contribution in [0.5, 0.6) is 0 Å². The van der Waals surface area contributed by atoms with E-state index >= 15 is 0 Å². The highest BCUT2D eigenvalue weighted by Crippen LogP contribution is 2.62. The van der Waals surface area contributed by atoms with Gasteiger partial charge < -0.3 is 5.32 Å². The number of aryl methyl sites for hydroxylation is 2. The van der Waals surface area contributed by atoms with Crippen molar-refractivity contribution in [1.82, 2.24) is 0 Å². The van der Waals surface area contributed by atoms with Gasteiger partial charge in [-0.05, 0) is 64.8 Å². The summed E-state index contributed by atoms with van der Waals surface area (Å²) in [7, 11) is -1.23. The molecule has 4 heteroatoms. The molecular weight excluding hydrogens is 291 g/mol. The van der Waals surface area contributed by atoms with Crippen molar-refractivity contribution in [3.63, 3.8) is 0 Å². The predicted octanol–water partition coefficient (Wildman–Crippen LogP) is 4.58. The van der Waals surface area contributed by atoms with Crippen molar-refractivity contribution >= 4 is 18.9 Å². The van der Waals surface area contributed by atoms with Gasteiger partial charge in [-0.1, -0.05) is 0 Å². The van der Waals surface area contributed by atoms with Gasteiger partial charge in [0.25, 0.3) is 5.91 Å². The Kier molecular flexibility index (Phi) is 6.57. The van der Waals surface area contributed by atoms with Crippen LogP contribution in [-0.4, -0.2) is 30.1 Å². The normalized spacial score (nSPS) is 12.6. The van der Waals surface area contributed by atoms with Crippen molar-refractivity contribution in [1.29, 1.82) is 5.26 Å². The number of benzene rings is 1. The van der Waals surface area contributed by atoms with Gasteiger partial charge in [0.05, 0.1) is 30.1 Å². The summed E-state index contributed by atoms with van der Waals surface area (Å²) < 4.78 is 0. The van der Waals surface area contributed by atoms with Gasteiger partial charge in [-0.25, -0.2) is 0 Å². The fourth-order valence-electron chi connectivity index (χ4n) is 3.19. The third kappa shape index (κ3) is 3.68. The second-order valence-corrected chi connectivity index (χ2v) is 11.0. The van der Waals surface area contributed by atoms with Crippen molar-refractivity contribution in [3.8, 4) is 6.07 Å². The Bertz CT molecular complexity index is 554. The topological polar surface area (TPSA) is 52.9 Å². The van der Waals surface area contributed by atoms with Crippen LogP contribution in [0.1, 0.15) is 44.4 Å². The molecule has 0 saturated heterocycles. The molecule has 0 radical (unpaired) electrons. The summed E-state index contributed by atoms with van der Waals surface area (Å²) in [5.41, 5.74) is 3.47. The van der Waals surface area contributed by atoms with Crippen LogP contribution in [0, 0.1) is 25.2 Å². The van der Waals surface area contributed by atoms with E-state index in [1.807, 2.05) is 26.0 Å². The average Bonchev–Trinajstić information content (AvgIpc) is 2.52. The van der Waals surface area contributed by atoms with Gasteiger partial charge in [-0.15, -0.1) is 0 Å². The Morgan fingerprint density at radius 1 is 1.18 bits per heavy atom. The molecule has 1 aromatic rings. The number of nitriles is 1. The van der Waals surface area contributed by atoms with Crippen LogP contribution in [-0.2, 0) is 4.79 Å². The molecule has 1 aromatic carbocycles. The van der Waals surface area contributed by atoms with Crippen LogP contribution in [0.4, 0.5) is 5.69 Å². The fraction of sp³-hybridized carbons (Fsp3) is 0.556. The van der Waals surface area contributed by atoms with Crippen LogP contribution < -0.4 is 5.32 Å². The van der Waals surface area contributed by atoms with Crippen LogP contribution in [0.25, 0.3) is 0 Å². The highest BCUT2D eigenvalue weighted by atomic mass is 31.2. The number of anilines is 1. The summed E-state index contributed by atoms with van der Waals surface area (Å²) in [6.45, 7) is 12.6. The molecule has 0 aliphatic rings. The van der Waals surface area contributed by atoms with Crippen LogP contribution in [0.2, 0.25) is 0 Å². The van der Waals surface area contributed by atoms with E-state index in [1.165, 1.54) is 0 Å². The average molecular weight is 319 g/mol. The van der Waals surface area contributed by atoms with Crippen LogP contribution in [0.15, 0.2) is 12.1 Å². The maximum Gasteiger partial charge on any atom is 0.264 e. The zero-order chi connectivity index (χ0) is 16.9. The molecular formula is C18H28N2OP+. The third-order valence-electron chi connectivity index (χ3n) is 5.00. The first kappa shape index (κ1) is 18.7. The predicted molar refractivity (Wildman–Crippen MR) is 97.3 cm³/mol. The summed E-state index contributed by atoms with van der Waals surface area (Å²) in [5.74, 6) is 0.120. The Hall–Kier alpha value is -1.39. The number of carbonyl (C=O) groups excluding carboxylic acids is 1. The smallest absolute Gasteiger partial charge is 0.264 e. The molecule has 0 aromatic heterocycles. The maximum absolute atomic E-state index is 12.7. The molecule has 1 unspecified atom stereocenters. The van der Waals surface area contributed by atoms with Crippen molar-refractivity contribution in [3.05, 3.63) is 28.8 Å². The number of rotatable bonds is 6. The number of hydrogen-bond donors (Lipinski definition) is 1. The summed E-state index contributed by atoms with van der Waals surface area (Å²) in [4.78, 5) is 12.7. The number of nitrogens with one attached hydrogen (secondary N) is 1. The standard InChI is InChI=1S/C18H27N2OP/c1-7-22(8-2,9-3)15(6)18(21)20-17-13(4)10-16(12-19)11-14(17)5/h10-11,15H,7-9H2,1-6H3/p+1. The van der Waals surface area contributed by atoms with Gasteiger partial charge in [-0.2, -0.15) is 5.26 Å². The lowest BCUT2D eigenvalue weighted by atomic mass is 10.0. The van der Waals surface area contributed by atoms with Gasteiger partial charge >= 0.3 is 0 Å². The summed E-state index contributed by atoms with van der Waals surface area (Å²) in [5, 5.41) is 12.1. The lowest BCUT2D eigenvalue weighted by Crippen LogP contribution is -2.31. The SMILES string of the molecule is CC[P+](CC)(CC)C(C)C(=O)Nc1c(C)cc(C#N)cc1C. The Morgan fingerprint density at radius 2 is 1.64 bits per heavy atom. The zero-order valence-electron chi connectivity index (χ0n) is 14.7. The summed E-state index contributed by atoms with van der Waals surface area (Å²) in [6.07, 6.45) is 3.33. The van der Waals surface area contributed by atoms with E-state index in [0.29, 0.717) is 5.56 Å². The first-order valence-electron chi connectivity index (χ1n) is 8.03. The lowest BCUT2D eigenvalue weighted by molar-refractivity contribution is -0.115. The van der Waals surface area contributed by atoms with Crippen LogP contribution in [0.3, 0.4) is 0 Å². The molecule has 22 heavy (non-hydrogen) atoms. The van der Waals surface area contributed by atoms with E-state index in [0.717, 1.165) is 35.3 Å². The van der Waals surface area contributed by atoms with E-state index < -0.39 is 7.26 Å². The molecule has 1 amide bonds. The van der Waals surface area contributed by atoms with E-state index in [2.05, 4.69) is 39.1 Å². The Morgan fingerprint density at radius 3 is 2.00 bits per heavy atom. The number of carbonyl (C=O) groups is 1. The van der Waals surface area contributed by atoms with Crippen LogP contribution >= 0.6 is 7.26 Å². The van der Waals surface area contributed by atoms with Gasteiger partial charge in [0.1, 0.15) is 5.66 Å². The largest absolute Gasteiger partial charge is 0.322 e. The molecule has 0 aliphatic carbocycles. The Labute approximate surface area is 135 Å². The summed E-state index contributed by atoms with van der Waals surface area (Å²) >= 11 is 0. The van der Waals surface area contributed by atoms with E-state index in [1.54, 1.807) is 0 Å². The molecule has 0 fully saturated rings. The van der Waals surface area contributed by atoms with Crippen molar-refractivity contribution in [2.75, 3.05) is 23.8 Å². The quantitative estimate of drug-likeness (QED) is 0.780. The minimum atomic E-state index is -1.23. The van der Waals surface area contributed by atoms with E-state index in [4.69, 9.17) is 5.26 Å². The second kappa shape index (κ2) is 7.75. The van der Waals surface area contributed by atoms with Crippen molar-refractivity contribution < 1.29 is 4.79 Å². The number of hydrogen-bond acceptors (Lipinski definition) is 2.